The van der Waals surface area contributed by atoms with Crippen LogP contribution in [0.15, 0.2) is 84.0 Å². The van der Waals surface area contributed by atoms with Crippen molar-refractivity contribution in [1.82, 2.24) is 45.7 Å². The van der Waals surface area contributed by atoms with Gasteiger partial charge in [-0.3, -0.25) is 0 Å². The van der Waals surface area contributed by atoms with E-state index < -0.39 is 0 Å². The maximum absolute atomic E-state index is 5.97. The van der Waals surface area contributed by atoms with Crippen LogP contribution in [-0.4, -0.2) is 59.8 Å². The van der Waals surface area contributed by atoms with Crippen molar-refractivity contribution in [2.24, 2.45) is 0 Å². The molecule has 182 valence electrons. The SMILES string of the molecule is COc1cc(CNCCSc2nnnn2-c2ccccc2)ccc1Oc1nnnn1-c1ccccc1. The lowest BCUT2D eigenvalue weighted by atomic mass is 10.2. The van der Waals surface area contributed by atoms with E-state index in [4.69, 9.17) is 9.47 Å². The molecule has 0 fully saturated rings. The average molecular weight is 502 g/mol. The molecule has 0 aliphatic heterocycles. The Morgan fingerprint density at radius 3 is 2.25 bits per heavy atom. The van der Waals surface area contributed by atoms with Crippen LogP contribution >= 0.6 is 11.8 Å². The Balaban J connectivity index is 1.16. The molecule has 0 aliphatic carbocycles. The second-order valence-electron chi connectivity index (χ2n) is 7.53. The number of aromatic nitrogens is 8. The molecule has 2 aromatic heterocycles. The molecule has 3 aromatic carbocycles. The highest BCUT2D eigenvalue weighted by Crippen LogP contribution is 2.32. The minimum Gasteiger partial charge on any atom is -0.493 e. The molecule has 12 heteroatoms. The first kappa shape index (κ1) is 23.5. The van der Waals surface area contributed by atoms with E-state index in [0.717, 1.165) is 34.4 Å². The highest BCUT2D eigenvalue weighted by atomic mass is 32.2. The normalized spacial score (nSPS) is 10.9. The van der Waals surface area contributed by atoms with Crippen molar-refractivity contribution < 1.29 is 9.47 Å². The third kappa shape index (κ3) is 5.50. The van der Waals surface area contributed by atoms with Crippen LogP contribution in [0.4, 0.5) is 0 Å². The molecule has 0 saturated carbocycles. The Bertz CT molecular complexity index is 1390. The molecule has 5 rings (SSSR count). The topological polar surface area (TPSA) is 118 Å². The van der Waals surface area contributed by atoms with Crippen molar-refractivity contribution in [3.63, 3.8) is 0 Å². The van der Waals surface area contributed by atoms with Gasteiger partial charge in [-0.15, -0.1) is 5.10 Å². The number of thioether (sulfide) groups is 1. The molecule has 0 radical (unpaired) electrons. The molecule has 0 atom stereocenters. The summed E-state index contributed by atoms with van der Waals surface area (Å²) in [6, 6.07) is 25.4. The first-order valence-electron chi connectivity index (χ1n) is 11.2. The lowest BCUT2D eigenvalue weighted by Gasteiger charge is -2.12. The van der Waals surface area contributed by atoms with Crippen LogP contribution < -0.4 is 14.8 Å². The van der Waals surface area contributed by atoms with Crippen molar-refractivity contribution in [3.8, 4) is 28.9 Å². The molecule has 0 unspecified atom stereocenters. The van der Waals surface area contributed by atoms with Gasteiger partial charge in [-0.05, 0) is 62.8 Å². The van der Waals surface area contributed by atoms with Gasteiger partial charge in [0.05, 0.1) is 18.5 Å². The Kier molecular flexibility index (Phi) is 7.44. The zero-order valence-corrected chi connectivity index (χ0v) is 20.2. The predicted octanol–water partition coefficient (Wildman–Crippen LogP) is 3.32. The summed E-state index contributed by atoms with van der Waals surface area (Å²) in [4.78, 5) is 0. The van der Waals surface area contributed by atoms with E-state index in [1.165, 1.54) is 4.68 Å². The molecular weight excluding hydrogens is 478 g/mol. The van der Waals surface area contributed by atoms with Crippen molar-refractivity contribution in [3.05, 3.63) is 84.4 Å². The molecule has 0 spiro atoms. The number of ether oxygens (including phenoxy) is 2. The first-order valence-corrected chi connectivity index (χ1v) is 12.2. The third-order valence-corrected chi connectivity index (χ3v) is 6.07. The molecular formula is C24H23N9O2S. The number of nitrogens with one attached hydrogen (secondary N) is 1. The summed E-state index contributed by atoms with van der Waals surface area (Å²) in [5.41, 5.74) is 2.79. The van der Waals surface area contributed by atoms with E-state index >= 15 is 0 Å². The summed E-state index contributed by atoms with van der Waals surface area (Å²) < 4.78 is 14.8. The van der Waals surface area contributed by atoms with Gasteiger partial charge >= 0.3 is 6.01 Å². The van der Waals surface area contributed by atoms with Crippen LogP contribution in [0.5, 0.6) is 17.5 Å². The Morgan fingerprint density at radius 2 is 1.50 bits per heavy atom. The third-order valence-electron chi connectivity index (χ3n) is 5.15. The standard InChI is InChI=1S/C24H23N9O2S/c1-34-22-16-18(12-13-21(22)35-23-26-28-30-32(23)19-8-4-2-5-9-19)17-25-14-15-36-24-27-29-31-33(24)20-10-6-3-7-11-20/h2-13,16,25H,14-15,17H2,1H3. The minimum atomic E-state index is 0.250. The zero-order valence-electron chi connectivity index (χ0n) is 19.4. The molecule has 0 aliphatic rings. The highest BCUT2D eigenvalue weighted by molar-refractivity contribution is 7.99. The van der Waals surface area contributed by atoms with Gasteiger partial charge in [0.15, 0.2) is 11.5 Å². The highest BCUT2D eigenvalue weighted by Gasteiger charge is 2.14. The molecule has 0 saturated heterocycles. The van der Waals surface area contributed by atoms with E-state index in [1.54, 1.807) is 23.6 Å². The van der Waals surface area contributed by atoms with Gasteiger partial charge in [0, 0.05) is 18.8 Å². The van der Waals surface area contributed by atoms with E-state index in [1.807, 2.05) is 78.9 Å². The second kappa shape index (κ2) is 11.4. The fraction of sp³-hybridized carbons (Fsp3) is 0.167. The molecule has 36 heavy (non-hydrogen) atoms. The van der Waals surface area contributed by atoms with Crippen molar-refractivity contribution in [1.29, 1.82) is 0 Å². The predicted molar refractivity (Wildman–Crippen MR) is 134 cm³/mol. The number of hydrogen-bond donors (Lipinski definition) is 1. The summed E-state index contributed by atoms with van der Waals surface area (Å²) in [6.07, 6.45) is 0. The fourth-order valence-corrected chi connectivity index (χ4v) is 4.21. The Labute approximate surface area is 211 Å². The molecule has 0 bridgehead atoms. The van der Waals surface area contributed by atoms with Crippen LogP contribution in [0.2, 0.25) is 0 Å². The maximum Gasteiger partial charge on any atom is 0.346 e. The fourth-order valence-electron chi connectivity index (χ4n) is 3.43. The summed E-state index contributed by atoms with van der Waals surface area (Å²) in [5.74, 6) is 1.93. The first-order chi connectivity index (χ1) is 17.8. The molecule has 1 N–H and O–H groups in total. The van der Waals surface area contributed by atoms with Crippen LogP contribution in [0.25, 0.3) is 11.4 Å². The van der Waals surface area contributed by atoms with E-state index in [-0.39, 0.29) is 6.01 Å². The number of nitrogens with zero attached hydrogens (tertiary/aromatic N) is 8. The number of benzene rings is 3. The Hall–Kier alpha value is -4.29. The number of tetrazole rings is 2. The van der Waals surface area contributed by atoms with Gasteiger partial charge < -0.3 is 14.8 Å². The van der Waals surface area contributed by atoms with Crippen LogP contribution in [0.3, 0.4) is 0 Å². The summed E-state index contributed by atoms with van der Waals surface area (Å²) in [7, 11) is 1.60. The van der Waals surface area contributed by atoms with Crippen LogP contribution in [0.1, 0.15) is 5.56 Å². The number of hydrogen-bond acceptors (Lipinski definition) is 10. The smallest absolute Gasteiger partial charge is 0.346 e. The Morgan fingerprint density at radius 1 is 0.806 bits per heavy atom. The van der Waals surface area contributed by atoms with Gasteiger partial charge in [-0.2, -0.15) is 9.36 Å². The second-order valence-corrected chi connectivity index (χ2v) is 8.59. The molecule has 2 heterocycles. The quantitative estimate of drug-likeness (QED) is 0.213. The van der Waals surface area contributed by atoms with Gasteiger partial charge in [-0.1, -0.05) is 59.3 Å². The maximum atomic E-state index is 5.97. The van der Waals surface area contributed by atoms with Gasteiger partial charge in [0.1, 0.15) is 0 Å². The van der Waals surface area contributed by atoms with Crippen LogP contribution in [0, 0.1) is 0 Å². The van der Waals surface area contributed by atoms with Gasteiger partial charge in [-0.25, -0.2) is 0 Å². The number of para-hydroxylation sites is 2. The van der Waals surface area contributed by atoms with Crippen molar-refractivity contribution in [2.45, 2.75) is 11.7 Å². The van der Waals surface area contributed by atoms with Crippen molar-refractivity contribution >= 4 is 11.8 Å². The van der Waals surface area contributed by atoms with E-state index in [9.17, 15) is 0 Å². The molecule has 5 aromatic rings. The minimum absolute atomic E-state index is 0.250. The number of methoxy groups -OCH3 is 1. The lowest BCUT2D eigenvalue weighted by molar-refractivity contribution is 0.362. The summed E-state index contributed by atoms with van der Waals surface area (Å²) in [6.45, 7) is 1.45. The number of rotatable bonds is 11. The average Bonchev–Trinajstić information content (AvgIpc) is 3.60. The van der Waals surface area contributed by atoms with Crippen molar-refractivity contribution in [2.75, 3.05) is 19.4 Å². The largest absolute Gasteiger partial charge is 0.493 e. The summed E-state index contributed by atoms with van der Waals surface area (Å²) in [5, 5.41) is 28.0. The zero-order chi connectivity index (χ0) is 24.6. The molecule has 0 amide bonds. The van der Waals surface area contributed by atoms with Gasteiger partial charge in [0.25, 0.3) is 0 Å². The lowest BCUT2D eigenvalue weighted by Crippen LogP contribution is -2.17. The van der Waals surface area contributed by atoms with E-state index in [2.05, 4.69) is 36.4 Å². The molecule has 11 nitrogen and oxygen atoms in total. The van der Waals surface area contributed by atoms with Gasteiger partial charge in [0.2, 0.25) is 5.16 Å². The summed E-state index contributed by atoms with van der Waals surface area (Å²) >= 11 is 1.59. The monoisotopic (exact) mass is 501 g/mol. The van der Waals surface area contributed by atoms with E-state index in [0.29, 0.717) is 18.0 Å². The van der Waals surface area contributed by atoms with Crippen LogP contribution in [-0.2, 0) is 6.54 Å².